The van der Waals surface area contributed by atoms with Crippen LogP contribution in [0.5, 0.6) is 5.75 Å². The van der Waals surface area contributed by atoms with Crippen LogP contribution in [-0.4, -0.2) is 10.2 Å². The molecule has 0 aliphatic heterocycles. The molecular formula is C16H17O3. The molecule has 1 radical (unpaired) electrons. The predicted octanol–water partition coefficient (Wildman–Crippen LogP) is 2.43. The summed E-state index contributed by atoms with van der Waals surface area (Å²) in [6, 6.07) is 13.1. The second kappa shape index (κ2) is 6.36. The molecule has 99 valence electrons. The Bertz CT molecular complexity index is 549. The maximum atomic E-state index is 9.23. The Morgan fingerprint density at radius 3 is 2.32 bits per heavy atom. The molecule has 0 aliphatic rings. The summed E-state index contributed by atoms with van der Waals surface area (Å²) in [5.41, 5.74) is 3.37. The topological polar surface area (TPSA) is 49.7 Å². The van der Waals surface area contributed by atoms with Crippen LogP contribution >= 0.6 is 0 Å². The van der Waals surface area contributed by atoms with Crippen molar-refractivity contribution >= 4 is 0 Å². The summed E-state index contributed by atoms with van der Waals surface area (Å²) in [5.74, 6) is 0.671. The number of aliphatic hydroxyl groups is 2. The van der Waals surface area contributed by atoms with E-state index in [0.717, 1.165) is 11.1 Å². The van der Waals surface area contributed by atoms with Crippen LogP contribution < -0.4 is 4.74 Å². The lowest BCUT2D eigenvalue weighted by Crippen LogP contribution is -2.00. The van der Waals surface area contributed by atoms with Crippen LogP contribution in [0.2, 0.25) is 0 Å². The van der Waals surface area contributed by atoms with Crippen LogP contribution in [0.4, 0.5) is 0 Å². The summed E-state index contributed by atoms with van der Waals surface area (Å²) in [6.07, 6.45) is 0. The second-order valence-corrected chi connectivity index (χ2v) is 4.30. The third-order valence-electron chi connectivity index (χ3n) is 3.03. The van der Waals surface area contributed by atoms with Gasteiger partial charge in [0.25, 0.3) is 0 Å². The number of hydrogen-bond acceptors (Lipinski definition) is 3. The van der Waals surface area contributed by atoms with E-state index in [2.05, 4.69) is 6.92 Å². The Labute approximate surface area is 113 Å². The summed E-state index contributed by atoms with van der Waals surface area (Å²) in [6.45, 7) is 4.18. The highest BCUT2D eigenvalue weighted by Crippen LogP contribution is 2.20. The van der Waals surface area contributed by atoms with Gasteiger partial charge < -0.3 is 14.9 Å². The lowest BCUT2D eigenvalue weighted by atomic mass is 10.1. The van der Waals surface area contributed by atoms with Gasteiger partial charge in [-0.2, -0.15) is 0 Å². The summed E-state index contributed by atoms with van der Waals surface area (Å²) in [7, 11) is 0. The Kier molecular flexibility index (Phi) is 4.55. The molecule has 2 N–H and O–H groups in total. The molecule has 0 aliphatic carbocycles. The predicted molar refractivity (Wildman–Crippen MR) is 73.5 cm³/mol. The van der Waals surface area contributed by atoms with Crippen LogP contribution in [0.25, 0.3) is 0 Å². The molecular weight excluding hydrogens is 240 g/mol. The van der Waals surface area contributed by atoms with Gasteiger partial charge in [-0.05, 0) is 41.3 Å². The van der Waals surface area contributed by atoms with Crippen LogP contribution in [-0.2, 0) is 19.8 Å². The van der Waals surface area contributed by atoms with E-state index in [4.69, 9.17) is 9.84 Å². The van der Waals surface area contributed by atoms with Crippen LogP contribution in [0.3, 0.4) is 0 Å². The Hall–Kier alpha value is -1.84. The van der Waals surface area contributed by atoms with E-state index < -0.39 is 0 Å². The third-order valence-corrected chi connectivity index (χ3v) is 3.03. The number of ether oxygens (including phenoxy) is 1. The smallest absolute Gasteiger partial charge is 0.120 e. The molecule has 0 aromatic heterocycles. The van der Waals surface area contributed by atoms with E-state index in [1.54, 1.807) is 18.2 Å². The molecule has 0 saturated carbocycles. The first kappa shape index (κ1) is 13.6. The fourth-order valence-corrected chi connectivity index (χ4v) is 1.85. The van der Waals surface area contributed by atoms with Gasteiger partial charge in [0.05, 0.1) is 13.2 Å². The number of aliphatic hydroxyl groups excluding tert-OH is 2. The van der Waals surface area contributed by atoms with Crippen LogP contribution in [0, 0.1) is 6.92 Å². The molecule has 0 bridgehead atoms. The van der Waals surface area contributed by atoms with Gasteiger partial charge in [-0.3, -0.25) is 0 Å². The van der Waals surface area contributed by atoms with Crippen molar-refractivity contribution in [3.63, 3.8) is 0 Å². The third kappa shape index (κ3) is 3.34. The molecule has 0 unspecified atom stereocenters. The largest absolute Gasteiger partial charge is 0.489 e. The van der Waals surface area contributed by atoms with Crippen LogP contribution in [0.15, 0.2) is 42.5 Å². The van der Waals surface area contributed by atoms with Crippen molar-refractivity contribution in [1.82, 2.24) is 0 Å². The van der Waals surface area contributed by atoms with Crippen molar-refractivity contribution in [2.45, 2.75) is 19.8 Å². The standard InChI is InChI=1S/C16H17O3/c1-12-4-2-3-5-14(12)11-19-16-7-6-13(9-17)15(8-16)10-18/h2-8,17-18H,1,9-11H2. The minimum Gasteiger partial charge on any atom is -0.489 e. The SMILES string of the molecule is [CH2]c1ccccc1COc1ccc(CO)c(CO)c1. The summed E-state index contributed by atoms with van der Waals surface area (Å²) in [5, 5.41) is 18.4. The van der Waals surface area contributed by atoms with Gasteiger partial charge in [0, 0.05) is 0 Å². The molecule has 3 nitrogen and oxygen atoms in total. The lowest BCUT2D eigenvalue weighted by molar-refractivity contribution is 0.257. The quantitative estimate of drug-likeness (QED) is 0.865. The molecule has 2 aromatic rings. The highest BCUT2D eigenvalue weighted by Gasteiger charge is 2.04. The molecule has 0 atom stereocenters. The minimum absolute atomic E-state index is 0.0854. The fourth-order valence-electron chi connectivity index (χ4n) is 1.85. The summed E-state index contributed by atoms with van der Waals surface area (Å²) < 4.78 is 5.68. The Balaban J connectivity index is 2.10. The van der Waals surface area contributed by atoms with Gasteiger partial charge >= 0.3 is 0 Å². The molecule has 2 aromatic carbocycles. The van der Waals surface area contributed by atoms with Gasteiger partial charge in [0.2, 0.25) is 0 Å². The van der Waals surface area contributed by atoms with E-state index >= 15 is 0 Å². The van der Waals surface area contributed by atoms with Crippen molar-refractivity contribution < 1.29 is 14.9 Å². The first-order valence-electron chi connectivity index (χ1n) is 6.10. The van der Waals surface area contributed by atoms with Crippen molar-refractivity contribution in [2.75, 3.05) is 0 Å². The van der Waals surface area contributed by atoms with Crippen LogP contribution in [0.1, 0.15) is 22.3 Å². The highest BCUT2D eigenvalue weighted by molar-refractivity contribution is 5.35. The van der Waals surface area contributed by atoms with Gasteiger partial charge in [-0.25, -0.2) is 0 Å². The molecule has 2 rings (SSSR count). The first-order valence-corrected chi connectivity index (χ1v) is 6.10. The van der Waals surface area contributed by atoms with E-state index in [-0.39, 0.29) is 13.2 Å². The van der Waals surface area contributed by atoms with E-state index in [1.165, 1.54) is 0 Å². The van der Waals surface area contributed by atoms with Crippen molar-refractivity contribution in [1.29, 1.82) is 0 Å². The molecule has 0 fully saturated rings. The number of hydrogen-bond donors (Lipinski definition) is 2. The molecule has 0 spiro atoms. The Morgan fingerprint density at radius 1 is 0.895 bits per heavy atom. The monoisotopic (exact) mass is 257 g/mol. The highest BCUT2D eigenvalue weighted by atomic mass is 16.5. The van der Waals surface area contributed by atoms with Gasteiger partial charge in [-0.15, -0.1) is 0 Å². The summed E-state index contributed by atoms with van der Waals surface area (Å²) >= 11 is 0. The zero-order valence-corrected chi connectivity index (χ0v) is 10.7. The number of benzene rings is 2. The molecule has 0 heterocycles. The number of rotatable bonds is 5. The lowest BCUT2D eigenvalue weighted by Gasteiger charge is -2.11. The zero-order valence-electron chi connectivity index (χ0n) is 10.7. The minimum atomic E-state index is -0.112. The maximum absolute atomic E-state index is 9.23. The van der Waals surface area contributed by atoms with Crippen molar-refractivity contribution in [3.05, 3.63) is 71.6 Å². The van der Waals surface area contributed by atoms with E-state index in [0.29, 0.717) is 23.5 Å². The average Bonchev–Trinajstić information content (AvgIpc) is 2.46. The van der Waals surface area contributed by atoms with Crippen molar-refractivity contribution in [3.8, 4) is 5.75 Å². The molecule has 0 amide bonds. The average molecular weight is 257 g/mol. The molecule has 3 heteroatoms. The van der Waals surface area contributed by atoms with E-state index in [9.17, 15) is 5.11 Å². The fraction of sp³-hybridized carbons (Fsp3) is 0.188. The summed E-state index contributed by atoms with van der Waals surface area (Å²) in [4.78, 5) is 0. The van der Waals surface area contributed by atoms with Gasteiger partial charge in [-0.1, -0.05) is 30.3 Å². The molecule has 0 saturated heterocycles. The normalized spacial score (nSPS) is 10.5. The Morgan fingerprint density at radius 2 is 1.63 bits per heavy atom. The second-order valence-electron chi connectivity index (χ2n) is 4.30. The van der Waals surface area contributed by atoms with Gasteiger partial charge in [0.15, 0.2) is 0 Å². The van der Waals surface area contributed by atoms with Gasteiger partial charge in [0.1, 0.15) is 12.4 Å². The maximum Gasteiger partial charge on any atom is 0.120 e. The van der Waals surface area contributed by atoms with E-state index in [1.807, 2.05) is 24.3 Å². The molecule has 19 heavy (non-hydrogen) atoms. The zero-order chi connectivity index (χ0) is 13.7. The first-order chi connectivity index (χ1) is 9.24. The van der Waals surface area contributed by atoms with Crippen molar-refractivity contribution in [2.24, 2.45) is 0 Å².